The fourth-order valence-electron chi connectivity index (χ4n) is 2.12. The van der Waals surface area contributed by atoms with Crippen LogP contribution in [-0.2, 0) is 6.42 Å². The van der Waals surface area contributed by atoms with E-state index in [4.69, 9.17) is 10.8 Å². The highest BCUT2D eigenvalue weighted by atomic mass is 19.4. The van der Waals surface area contributed by atoms with Crippen molar-refractivity contribution in [3.8, 4) is 0 Å². The van der Waals surface area contributed by atoms with Crippen molar-refractivity contribution in [2.75, 3.05) is 6.61 Å². The molecule has 23 heavy (non-hydrogen) atoms. The molecule has 0 spiro atoms. The average Bonchev–Trinajstić information content (AvgIpc) is 2.49. The van der Waals surface area contributed by atoms with Crippen LogP contribution < -0.4 is 5.73 Å². The van der Waals surface area contributed by atoms with Crippen LogP contribution in [0.5, 0.6) is 0 Å². The lowest BCUT2D eigenvalue weighted by molar-refractivity contribution is -0.135. The van der Waals surface area contributed by atoms with Gasteiger partial charge in [-0.15, -0.1) is 0 Å². The van der Waals surface area contributed by atoms with Gasteiger partial charge in [-0.05, 0) is 38.2 Å². The lowest BCUT2D eigenvalue weighted by Crippen LogP contribution is -2.40. The van der Waals surface area contributed by atoms with E-state index in [-0.39, 0.29) is 31.7 Å². The van der Waals surface area contributed by atoms with Crippen molar-refractivity contribution < 1.29 is 23.1 Å². The summed E-state index contributed by atoms with van der Waals surface area (Å²) in [7, 11) is 0. The fraction of sp³-hybridized carbons (Fsp3) is 0.588. The summed E-state index contributed by atoms with van der Waals surface area (Å²) in [4.78, 5) is 11.9. The maximum atomic E-state index is 12.0. The number of halogens is 3. The molecule has 1 rings (SSSR count). The van der Waals surface area contributed by atoms with Crippen LogP contribution >= 0.6 is 0 Å². The van der Waals surface area contributed by atoms with E-state index in [9.17, 15) is 18.0 Å². The van der Waals surface area contributed by atoms with Gasteiger partial charge in [0.05, 0.1) is 6.61 Å². The van der Waals surface area contributed by atoms with Crippen LogP contribution in [0.15, 0.2) is 24.3 Å². The van der Waals surface area contributed by atoms with Gasteiger partial charge in [0.25, 0.3) is 0 Å². The first-order valence-electron chi connectivity index (χ1n) is 7.72. The molecule has 0 aliphatic heterocycles. The number of unbranched alkanes of at least 4 members (excludes halogenated alkanes) is 1. The molecule has 6 heteroatoms. The Balaban J connectivity index is 2.42. The second-order valence-electron chi connectivity index (χ2n) is 6.25. The summed E-state index contributed by atoms with van der Waals surface area (Å²) in [5.41, 5.74) is 6.74. The van der Waals surface area contributed by atoms with Crippen LogP contribution in [0.1, 0.15) is 54.9 Å². The Kier molecular flexibility index (Phi) is 7.22. The minimum absolute atomic E-state index is 0.0242. The van der Waals surface area contributed by atoms with E-state index < -0.39 is 18.1 Å². The smallest absolute Gasteiger partial charge is 0.389 e. The minimum Gasteiger partial charge on any atom is -0.394 e. The zero-order valence-corrected chi connectivity index (χ0v) is 13.3. The number of aliphatic hydroxyl groups is 1. The zero-order chi connectivity index (χ0) is 17.5. The first-order valence-corrected chi connectivity index (χ1v) is 7.72. The van der Waals surface area contributed by atoms with Crippen molar-refractivity contribution >= 4 is 5.78 Å². The predicted octanol–water partition coefficient (Wildman–Crippen LogP) is 3.63. The zero-order valence-electron chi connectivity index (χ0n) is 13.3. The van der Waals surface area contributed by atoms with Crippen molar-refractivity contribution in [2.24, 2.45) is 5.73 Å². The molecule has 0 amide bonds. The first-order chi connectivity index (χ1) is 10.6. The highest BCUT2D eigenvalue weighted by Gasteiger charge is 2.26. The summed E-state index contributed by atoms with van der Waals surface area (Å²) in [6.45, 7) is 1.67. The number of rotatable bonds is 9. The van der Waals surface area contributed by atoms with E-state index in [1.807, 2.05) is 12.1 Å². The first kappa shape index (κ1) is 19.6. The van der Waals surface area contributed by atoms with Gasteiger partial charge in [0.15, 0.2) is 5.78 Å². The molecule has 0 saturated carbocycles. The lowest BCUT2D eigenvalue weighted by atomic mass is 9.94. The van der Waals surface area contributed by atoms with Gasteiger partial charge in [-0.2, -0.15) is 13.2 Å². The van der Waals surface area contributed by atoms with E-state index in [0.717, 1.165) is 5.56 Å². The molecule has 0 aliphatic rings. The number of hydrogen-bond acceptors (Lipinski definition) is 3. The van der Waals surface area contributed by atoms with Crippen LogP contribution in [0.4, 0.5) is 13.2 Å². The van der Waals surface area contributed by atoms with Crippen LogP contribution in [0, 0.1) is 0 Å². The molecule has 1 aromatic carbocycles. The normalized spacial score (nSPS) is 14.5. The second-order valence-corrected chi connectivity index (χ2v) is 6.25. The third-order valence-corrected chi connectivity index (χ3v) is 3.74. The minimum atomic E-state index is -4.16. The summed E-state index contributed by atoms with van der Waals surface area (Å²) in [6, 6.07) is 7.01. The summed E-state index contributed by atoms with van der Waals surface area (Å²) in [5, 5.41) is 9.10. The number of hydrogen-bond donors (Lipinski definition) is 2. The molecule has 0 fully saturated rings. The van der Waals surface area contributed by atoms with Gasteiger partial charge >= 0.3 is 6.18 Å². The standard InChI is InChI=1S/C17H24F3NO2/c1-16(21,12-22)11-9-13-5-7-14(8-6-13)15(23)4-2-3-10-17(18,19)20/h5-8,22H,2-4,9-12,21H2,1H3/t16-/m1/s1. The number of benzene rings is 1. The van der Waals surface area contributed by atoms with Gasteiger partial charge < -0.3 is 10.8 Å². The molecule has 0 unspecified atom stereocenters. The third kappa shape index (κ3) is 8.13. The molecule has 1 atom stereocenters. The predicted molar refractivity (Wildman–Crippen MR) is 83.3 cm³/mol. The van der Waals surface area contributed by atoms with E-state index in [1.54, 1.807) is 19.1 Å². The van der Waals surface area contributed by atoms with Crippen molar-refractivity contribution in [3.05, 3.63) is 35.4 Å². The molecule has 0 aliphatic carbocycles. The molecule has 1 aromatic rings. The number of aliphatic hydroxyl groups excluding tert-OH is 1. The summed E-state index contributed by atoms with van der Waals surface area (Å²) in [6.07, 6.45) is -3.35. The molecule has 130 valence electrons. The maximum Gasteiger partial charge on any atom is 0.389 e. The molecule has 3 N–H and O–H groups in total. The Hall–Kier alpha value is -1.40. The second kappa shape index (κ2) is 8.45. The topological polar surface area (TPSA) is 63.3 Å². The molecule has 0 radical (unpaired) electrons. The Bertz CT molecular complexity index is 496. The molecular weight excluding hydrogens is 307 g/mol. The molecule has 0 bridgehead atoms. The van der Waals surface area contributed by atoms with Crippen molar-refractivity contribution in [2.45, 2.75) is 57.2 Å². The van der Waals surface area contributed by atoms with Gasteiger partial charge in [-0.1, -0.05) is 24.3 Å². The Morgan fingerprint density at radius 1 is 1.13 bits per heavy atom. The Morgan fingerprint density at radius 2 is 1.74 bits per heavy atom. The maximum absolute atomic E-state index is 12.0. The van der Waals surface area contributed by atoms with E-state index >= 15 is 0 Å². The molecule has 0 saturated heterocycles. The number of carbonyl (C=O) groups excluding carboxylic acids is 1. The number of Topliss-reactive ketones (excluding diaryl/α,β-unsaturated/α-hetero) is 1. The number of carbonyl (C=O) groups is 1. The molecular formula is C17H24F3NO2. The number of ketones is 1. The summed E-state index contributed by atoms with van der Waals surface area (Å²) in [5.74, 6) is -0.141. The third-order valence-electron chi connectivity index (χ3n) is 3.74. The van der Waals surface area contributed by atoms with E-state index in [0.29, 0.717) is 18.4 Å². The van der Waals surface area contributed by atoms with Crippen molar-refractivity contribution in [3.63, 3.8) is 0 Å². The SMILES string of the molecule is C[C@](N)(CO)CCc1ccc(C(=O)CCCCC(F)(F)F)cc1. The van der Waals surface area contributed by atoms with Gasteiger partial charge in [-0.25, -0.2) is 0 Å². The lowest BCUT2D eigenvalue weighted by Gasteiger charge is -2.21. The molecule has 0 heterocycles. The van der Waals surface area contributed by atoms with Crippen LogP contribution in [0.3, 0.4) is 0 Å². The summed E-state index contributed by atoms with van der Waals surface area (Å²) < 4.78 is 36.1. The highest BCUT2D eigenvalue weighted by molar-refractivity contribution is 5.96. The van der Waals surface area contributed by atoms with Gasteiger partial charge in [-0.3, -0.25) is 4.79 Å². The Labute approximate surface area is 134 Å². The molecule has 3 nitrogen and oxygen atoms in total. The molecule has 0 aromatic heterocycles. The highest BCUT2D eigenvalue weighted by Crippen LogP contribution is 2.23. The quantitative estimate of drug-likeness (QED) is 0.536. The van der Waals surface area contributed by atoms with Crippen LogP contribution in [-0.4, -0.2) is 29.2 Å². The monoisotopic (exact) mass is 331 g/mol. The van der Waals surface area contributed by atoms with Crippen molar-refractivity contribution in [1.82, 2.24) is 0 Å². The van der Waals surface area contributed by atoms with E-state index in [1.165, 1.54) is 0 Å². The van der Waals surface area contributed by atoms with Crippen molar-refractivity contribution in [1.29, 1.82) is 0 Å². The number of nitrogens with two attached hydrogens (primary N) is 1. The average molecular weight is 331 g/mol. The summed E-state index contributed by atoms with van der Waals surface area (Å²) >= 11 is 0. The largest absolute Gasteiger partial charge is 0.394 e. The van der Waals surface area contributed by atoms with E-state index in [2.05, 4.69) is 0 Å². The van der Waals surface area contributed by atoms with Crippen LogP contribution in [0.2, 0.25) is 0 Å². The fourth-order valence-corrected chi connectivity index (χ4v) is 2.12. The van der Waals surface area contributed by atoms with Crippen LogP contribution in [0.25, 0.3) is 0 Å². The number of aryl methyl sites for hydroxylation is 1. The van der Waals surface area contributed by atoms with Gasteiger partial charge in [0, 0.05) is 23.9 Å². The number of alkyl halides is 3. The van der Waals surface area contributed by atoms with Gasteiger partial charge in [0.1, 0.15) is 0 Å². The Morgan fingerprint density at radius 3 is 2.26 bits per heavy atom. The van der Waals surface area contributed by atoms with Gasteiger partial charge in [0.2, 0.25) is 0 Å².